The topological polar surface area (TPSA) is 27.7 Å². The lowest BCUT2D eigenvalue weighted by atomic mass is 9.74. The fourth-order valence-electron chi connectivity index (χ4n) is 3.99. The van der Waals surface area contributed by atoms with Gasteiger partial charge in [-0.15, -0.1) is 0 Å². The van der Waals surface area contributed by atoms with Gasteiger partial charge in [0.25, 0.3) is 0 Å². The quantitative estimate of drug-likeness (QED) is 0.548. The van der Waals surface area contributed by atoms with Gasteiger partial charge in [-0.1, -0.05) is 30.3 Å². The zero-order chi connectivity index (χ0) is 20.0. The molecule has 0 N–H and O–H groups in total. The van der Waals surface area contributed by atoms with Crippen LogP contribution in [0.2, 0.25) is 39.3 Å². The van der Waals surface area contributed by atoms with Crippen LogP contribution in [0.3, 0.4) is 0 Å². The van der Waals surface area contributed by atoms with E-state index in [9.17, 15) is 0 Å². The molecular formula is C22H32O3Si2. The summed E-state index contributed by atoms with van der Waals surface area (Å²) in [4.78, 5) is 0. The molecule has 5 heteroatoms. The third kappa shape index (κ3) is 4.06. The summed E-state index contributed by atoms with van der Waals surface area (Å²) in [6, 6.07) is 14.9. The van der Waals surface area contributed by atoms with Crippen molar-refractivity contribution in [2.24, 2.45) is 0 Å². The molecule has 146 valence electrons. The van der Waals surface area contributed by atoms with Gasteiger partial charge in [-0.25, -0.2) is 0 Å². The van der Waals surface area contributed by atoms with E-state index >= 15 is 0 Å². The highest BCUT2D eigenvalue weighted by molar-refractivity contribution is 6.70. The average Bonchev–Trinajstić information content (AvgIpc) is 2.56. The Morgan fingerprint density at radius 1 is 0.852 bits per heavy atom. The van der Waals surface area contributed by atoms with E-state index in [2.05, 4.69) is 82.6 Å². The number of methoxy groups -OCH3 is 1. The maximum absolute atomic E-state index is 6.87. The van der Waals surface area contributed by atoms with Gasteiger partial charge in [0, 0.05) is 0 Å². The van der Waals surface area contributed by atoms with Crippen LogP contribution in [0.5, 0.6) is 5.75 Å². The summed E-state index contributed by atoms with van der Waals surface area (Å²) in [6.07, 6.45) is -0.133. The van der Waals surface area contributed by atoms with E-state index in [1.54, 1.807) is 7.11 Å². The molecule has 0 aliphatic heterocycles. The van der Waals surface area contributed by atoms with Gasteiger partial charge in [0.15, 0.2) is 16.6 Å². The number of ether oxygens (including phenoxy) is 1. The molecule has 0 saturated heterocycles. The summed E-state index contributed by atoms with van der Waals surface area (Å²) in [6.45, 7) is 15.7. The lowest BCUT2D eigenvalue weighted by Gasteiger charge is -2.48. The minimum Gasteiger partial charge on any atom is -0.497 e. The van der Waals surface area contributed by atoms with Crippen LogP contribution in [-0.4, -0.2) is 23.7 Å². The largest absolute Gasteiger partial charge is 0.497 e. The fourth-order valence-corrected chi connectivity index (χ4v) is 6.54. The molecule has 0 fully saturated rings. The molecular weight excluding hydrogens is 368 g/mol. The molecule has 0 amide bonds. The Labute approximate surface area is 165 Å². The number of hydrogen-bond acceptors (Lipinski definition) is 3. The standard InChI is InChI=1S/C22H32O3Si2/c1-22(25-27(6,7)8)20-12-10-9-11-17(20)19-15-16(23-2)13-14-18(19)21(22)24-26(3,4)5/h9-15,21H,1-8H3/t21-,22+/m0/s1. The maximum Gasteiger partial charge on any atom is 0.185 e. The lowest BCUT2D eigenvalue weighted by molar-refractivity contribution is -0.0458. The third-order valence-electron chi connectivity index (χ3n) is 4.78. The van der Waals surface area contributed by atoms with Crippen LogP contribution in [0.1, 0.15) is 24.2 Å². The van der Waals surface area contributed by atoms with Crippen LogP contribution >= 0.6 is 0 Å². The van der Waals surface area contributed by atoms with E-state index in [4.69, 9.17) is 13.6 Å². The first kappa shape index (κ1) is 20.3. The number of fused-ring (bicyclic) bond motifs is 3. The van der Waals surface area contributed by atoms with Crippen LogP contribution < -0.4 is 4.74 Å². The van der Waals surface area contributed by atoms with E-state index in [1.807, 2.05) is 6.07 Å². The van der Waals surface area contributed by atoms with Crippen molar-refractivity contribution in [3.63, 3.8) is 0 Å². The highest BCUT2D eigenvalue weighted by Gasteiger charge is 2.48. The molecule has 2 aromatic rings. The molecule has 0 heterocycles. The van der Waals surface area contributed by atoms with Crippen LogP contribution in [0, 0.1) is 0 Å². The Kier molecular flexibility index (Phi) is 5.18. The second kappa shape index (κ2) is 6.88. The van der Waals surface area contributed by atoms with Crippen molar-refractivity contribution in [2.45, 2.75) is 57.9 Å². The van der Waals surface area contributed by atoms with Crippen molar-refractivity contribution in [3.8, 4) is 16.9 Å². The van der Waals surface area contributed by atoms with Crippen molar-refractivity contribution in [2.75, 3.05) is 7.11 Å². The first-order chi connectivity index (χ1) is 12.4. The molecule has 3 nitrogen and oxygen atoms in total. The van der Waals surface area contributed by atoms with E-state index in [0.717, 1.165) is 5.75 Å². The molecule has 1 aliphatic carbocycles. The molecule has 3 rings (SSSR count). The molecule has 0 saturated carbocycles. The number of hydrogen-bond donors (Lipinski definition) is 0. The van der Waals surface area contributed by atoms with E-state index in [1.165, 1.54) is 22.3 Å². The Morgan fingerprint density at radius 3 is 2.11 bits per heavy atom. The van der Waals surface area contributed by atoms with E-state index < -0.39 is 22.2 Å². The van der Waals surface area contributed by atoms with Gasteiger partial charge >= 0.3 is 0 Å². The van der Waals surface area contributed by atoms with E-state index in [0.29, 0.717) is 0 Å². The first-order valence-corrected chi connectivity index (χ1v) is 16.4. The van der Waals surface area contributed by atoms with Crippen LogP contribution in [0.25, 0.3) is 11.1 Å². The molecule has 1 aliphatic rings. The van der Waals surface area contributed by atoms with Gasteiger partial charge in [0.2, 0.25) is 0 Å². The lowest BCUT2D eigenvalue weighted by Crippen LogP contribution is -2.48. The van der Waals surface area contributed by atoms with Crippen molar-refractivity contribution in [3.05, 3.63) is 53.6 Å². The number of benzene rings is 2. The zero-order valence-corrected chi connectivity index (χ0v) is 19.8. The van der Waals surface area contributed by atoms with Gasteiger partial charge in [-0.3, -0.25) is 0 Å². The predicted molar refractivity (Wildman–Crippen MR) is 117 cm³/mol. The Bertz CT molecular complexity index is 836. The normalized spacial score (nSPS) is 22.1. The SMILES string of the molecule is COc1ccc2c(c1)-c1ccccc1[C@@](C)(O[Si](C)(C)C)[C@H]2O[Si](C)(C)C. The summed E-state index contributed by atoms with van der Waals surface area (Å²) in [5.74, 6) is 0.866. The number of rotatable bonds is 5. The average molecular weight is 401 g/mol. The van der Waals surface area contributed by atoms with Crippen LogP contribution in [0.4, 0.5) is 0 Å². The minimum atomic E-state index is -1.83. The van der Waals surface area contributed by atoms with Crippen molar-refractivity contribution in [1.82, 2.24) is 0 Å². The van der Waals surface area contributed by atoms with Gasteiger partial charge in [-0.2, -0.15) is 0 Å². The molecule has 0 unspecified atom stereocenters. The molecule has 0 aromatic heterocycles. The highest BCUT2D eigenvalue weighted by Crippen LogP contribution is 2.54. The molecule has 2 aromatic carbocycles. The summed E-state index contributed by atoms with van der Waals surface area (Å²) >= 11 is 0. The Hall–Kier alpha value is -1.41. The van der Waals surface area contributed by atoms with Crippen molar-refractivity contribution in [1.29, 1.82) is 0 Å². The summed E-state index contributed by atoms with van der Waals surface area (Å²) in [5.41, 5.74) is 4.28. The Morgan fingerprint density at radius 2 is 1.52 bits per heavy atom. The molecule has 2 atom stereocenters. The van der Waals surface area contributed by atoms with Gasteiger partial charge in [0.05, 0.1) is 7.11 Å². The zero-order valence-electron chi connectivity index (χ0n) is 17.8. The smallest absolute Gasteiger partial charge is 0.185 e. The van der Waals surface area contributed by atoms with Gasteiger partial charge < -0.3 is 13.6 Å². The fraction of sp³-hybridized carbons (Fsp3) is 0.455. The monoisotopic (exact) mass is 400 g/mol. The second-order valence-corrected chi connectivity index (χ2v) is 18.3. The first-order valence-electron chi connectivity index (χ1n) is 9.60. The summed E-state index contributed by atoms with van der Waals surface area (Å²) in [5, 5.41) is 0. The minimum absolute atomic E-state index is 0.133. The highest BCUT2D eigenvalue weighted by atomic mass is 28.4. The molecule has 0 radical (unpaired) electrons. The van der Waals surface area contributed by atoms with Crippen molar-refractivity contribution < 1.29 is 13.6 Å². The van der Waals surface area contributed by atoms with Crippen molar-refractivity contribution >= 4 is 16.6 Å². The van der Waals surface area contributed by atoms with Gasteiger partial charge in [-0.05, 0) is 80.6 Å². The van der Waals surface area contributed by atoms with Crippen LogP contribution in [0.15, 0.2) is 42.5 Å². The van der Waals surface area contributed by atoms with Crippen LogP contribution in [-0.2, 0) is 14.5 Å². The molecule has 27 heavy (non-hydrogen) atoms. The Balaban J connectivity index is 2.29. The summed E-state index contributed by atoms with van der Waals surface area (Å²) < 4.78 is 19.2. The third-order valence-corrected chi connectivity index (χ3v) is 6.76. The predicted octanol–water partition coefficient (Wildman–Crippen LogP) is 6.34. The summed E-state index contributed by atoms with van der Waals surface area (Å²) in [7, 11) is -1.93. The maximum atomic E-state index is 6.87. The second-order valence-electron chi connectivity index (χ2n) is 9.43. The van der Waals surface area contributed by atoms with Gasteiger partial charge in [0.1, 0.15) is 17.5 Å². The van der Waals surface area contributed by atoms with E-state index in [-0.39, 0.29) is 6.10 Å². The molecule has 0 bridgehead atoms. The molecule has 0 spiro atoms.